The minimum atomic E-state index is -3.08. The van der Waals surface area contributed by atoms with E-state index in [9.17, 15) is 23.2 Å². The zero-order valence-electron chi connectivity index (χ0n) is 19.7. The van der Waals surface area contributed by atoms with E-state index in [0.29, 0.717) is 5.69 Å². The van der Waals surface area contributed by atoms with Crippen LogP contribution in [0.15, 0.2) is 89.9 Å². The Balaban J connectivity index is 1.69. The van der Waals surface area contributed by atoms with Crippen LogP contribution in [0.25, 0.3) is 11.3 Å². The Morgan fingerprint density at radius 3 is 2.34 bits per heavy atom. The number of aromatic amines is 1. The Hall–Kier alpha value is -4.50. The quantitative estimate of drug-likeness (QED) is 0.244. The third-order valence-corrected chi connectivity index (χ3v) is 6.00. The van der Waals surface area contributed by atoms with E-state index in [2.05, 4.69) is 15.0 Å². The third kappa shape index (κ3) is 6.43. The first-order chi connectivity index (χ1) is 18.2. The SMILES string of the molecule is O=C(O)c1ccc(NC(=O)C(Cc2ccccc2)c2c[nH]c(-c3cc(Cl)ccc3OC(F)F)cc2=O)cc1. The number of benzene rings is 3. The normalized spacial score (nSPS) is 11.7. The number of rotatable bonds is 9. The highest BCUT2D eigenvalue weighted by Crippen LogP contribution is 2.32. The summed E-state index contributed by atoms with van der Waals surface area (Å²) in [5.41, 5.74) is 1.21. The second kappa shape index (κ2) is 11.7. The predicted octanol–water partition coefficient (Wildman–Crippen LogP) is 5.96. The minimum Gasteiger partial charge on any atom is -0.478 e. The number of carboxylic acid groups (broad SMARTS) is 1. The largest absolute Gasteiger partial charge is 0.478 e. The highest BCUT2D eigenvalue weighted by atomic mass is 35.5. The smallest absolute Gasteiger partial charge is 0.387 e. The number of hydrogen-bond donors (Lipinski definition) is 3. The average Bonchev–Trinajstić information content (AvgIpc) is 2.89. The Morgan fingerprint density at radius 1 is 1.00 bits per heavy atom. The molecule has 1 aromatic heterocycles. The number of hydrogen-bond acceptors (Lipinski definition) is 4. The second-order valence-electron chi connectivity index (χ2n) is 8.30. The maximum atomic E-state index is 13.4. The first kappa shape index (κ1) is 26.6. The first-order valence-corrected chi connectivity index (χ1v) is 11.7. The van der Waals surface area contributed by atoms with E-state index in [1.807, 2.05) is 30.3 Å². The van der Waals surface area contributed by atoms with Crippen LogP contribution in [0.3, 0.4) is 0 Å². The zero-order chi connectivity index (χ0) is 27.2. The number of halogens is 3. The van der Waals surface area contributed by atoms with Crippen molar-refractivity contribution in [2.45, 2.75) is 19.0 Å². The predicted molar refractivity (Wildman–Crippen MR) is 139 cm³/mol. The summed E-state index contributed by atoms with van der Waals surface area (Å²) in [4.78, 5) is 40.6. The van der Waals surface area contributed by atoms with E-state index >= 15 is 0 Å². The molecule has 0 spiro atoms. The molecule has 4 aromatic rings. The fourth-order valence-electron chi connectivity index (χ4n) is 3.94. The van der Waals surface area contributed by atoms with E-state index in [1.54, 1.807) is 0 Å². The molecule has 0 aliphatic heterocycles. The summed E-state index contributed by atoms with van der Waals surface area (Å²) >= 11 is 6.04. The van der Waals surface area contributed by atoms with Crippen LogP contribution in [0.5, 0.6) is 5.75 Å². The molecular formula is C28H21ClF2N2O5. The van der Waals surface area contributed by atoms with E-state index in [1.165, 1.54) is 54.7 Å². The van der Waals surface area contributed by atoms with Crippen molar-refractivity contribution >= 4 is 29.2 Å². The van der Waals surface area contributed by atoms with Crippen LogP contribution in [-0.4, -0.2) is 28.6 Å². The molecule has 0 bridgehead atoms. The summed E-state index contributed by atoms with van der Waals surface area (Å²) in [7, 11) is 0. The van der Waals surface area contributed by atoms with Crippen LogP contribution in [-0.2, 0) is 11.2 Å². The molecule has 10 heteroatoms. The summed E-state index contributed by atoms with van der Waals surface area (Å²) in [6, 6.07) is 20.0. The average molecular weight is 539 g/mol. The van der Waals surface area contributed by atoms with Crippen molar-refractivity contribution in [2.24, 2.45) is 0 Å². The topological polar surface area (TPSA) is 108 Å². The zero-order valence-corrected chi connectivity index (χ0v) is 20.4. The van der Waals surface area contributed by atoms with Crippen molar-refractivity contribution in [2.75, 3.05) is 5.32 Å². The van der Waals surface area contributed by atoms with Crippen LogP contribution >= 0.6 is 11.6 Å². The molecule has 0 saturated heterocycles. The summed E-state index contributed by atoms with van der Waals surface area (Å²) in [5, 5.41) is 12.1. The molecule has 0 aliphatic carbocycles. The molecule has 1 heterocycles. The molecule has 4 rings (SSSR count). The molecule has 7 nitrogen and oxygen atoms in total. The molecule has 1 unspecified atom stereocenters. The number of alkyl halides is 2. The molecule has 0 aliphatic rings. The molecule has 1 amide bonds. The maximum absolute atomic E-state index is 13.4. The molecule has 3 N–H and O–H groups in total. The third-order valence-electron chi connectivity index (χ3n) is 5.76. The number of anilines is 1. The van der Waals surface area contributed by atoms with Gasteiger partial charge in [0.2, 0.25) is 5.91 Å². The Morgan fingerprint density at radius 2 is 1.71 bits per heavy atom. The van der Waals surface area contributed by atoms with Gasteiger partial charge in [0.1, 0.15) is 5.75 Å². The first-order valence-electron chi connectivity index (χ1n) is 11.4. The van der Waals surface area contributed by atoms with Crippen LogP contribution in [0.2, 0.25) is 5.02 Å². The van der Waals surface area contributed by atoms with E-state index in [-0.39, 0.29) is 39.6 Å². The second-order valence-corrected chi connectivity index (χ2v) is 8.74. The Labute approximate surface area is 220 Å². The van der Waals surface area contributed by atoms with Crippen LogP contribution in [0, 0.1) is 0 Å². The van der Waals surface area contributed by atoms with Crippen molar-refractivity contribution in [3.8, 4) is 17.0 Å². The van der Waals surface area contributed by atoms with Gasteiger partial charge in [0.25, 0.3) is 0 Å². The molecule has 1 atom stereocenters. The summed E-state index contributed by atoms with van der Waals surface area (Å²) in [6.45, 7) is -3.08. The highest BCUT2D eigenvalue weighted by Gasteiger charge is 2.25. The van der Waals surface area contributed by atoms with Crippen LogP contribution < -0.4 is 15.5 Å². The number of pyridine rings is 1. The number of aromatic carboxylic acids is 1. The minimum absolute atomic E-state index is 0.0621. The van der Waals surface area contributed by atoms with Gasteiger partial charge < -0.3 is 20.1 Å². The van der Waals surface area contributed by atoms with E-state index in [0.717, 1.165) is 5.56 Å². The van der Waals surface area contributed by atoms with Crippen molar-refractivity contribution in [3.63, 3.8) is 0 Å². The lowest BCUT2D eigenvalue weighted by Gasteiger charge is -2.18. The van der Waals surface area contributed by atoms with Gasteiger partial charge >= 0.3 is 12.6 Å². The highest BCUT2D eigenvalue weighted by molar-refractivity contribution is 6.31. The number of nitrogens with one attached hydrogen (secondary N) is 2. The summed E-state index contributed by atoms with van der Waals surface area (Å²) in [5.74, 6) is -2.68. The number of ether oxygens (including phenoxy) is 1. The van der Waals surface area contributed by atoms with Crippen molar-refractivity contribution in [1.82, 2.24) is 4.98 Å². The molecule has 38 heavy (non-hydrogen) atoms. The Kier molecular flexibility index (Phi) is 8.18. The van der Waals surface area contributed by atoms with Gasteiger partial charge in [-0.3, -0.25) is 9.59 Å². The summed E-state index contributed by atoms with van der Waals surface area (Å²) < 4.78 is 30.4. The van der Waals surface area contributed by atoms with E-state index in [4.69, 9.17) is 16.7 Å². The van der Waals surface area contributed by atoms with Gasteiger partial charge in [0, 0.05) is 34.1 Å². The molecule has 194 valence electrons. The van der Waals surface area contributed by atoms with Gasteiger partial charge in [-0.2, -0.15) is 8.78 Å². The van der Waals surface area contributed by atoms with Gasteiger partial charge in [-0.1, -0.05) is 41.9 Å². The van der Waals surface area contributed by atoms with Crippen LogP contribution in [0.4, 0.5) is 14.5 Å². The Bertz CT molecular complexity index is 1510. The number of carboxylic acids is 1. The van der Waals surface area contributed by atoms with Gasteiger partial charge in [0.15, 0.2) is 5.43 Å². The fraction of sp³-hybridized carbons (Fsp3) is 0.107. The van der Waals surface area contributed by atoms with Crippen molar-refractivity contribution in [1.29, 1.82) is 0 Å². The molecular weight excluding hydrogens is 518 g/mol. The maximum Gasteiger partial charge on any atom is 0.387 e. The van der Waals surface area contributed by atoms with Gasteiger partial charge in [-0.25, -0.2) is 4.79 Å². The molecule has 3 aromatic carbocycles. The lowest BCUT2D eigenvalue weighted by Crippen LogP contribution is -2.27. The monoisotopic (exact) mass is 538 g/mol. The molecule has 0 saturated carbocycles. The number of H-pyrrole nitrogens is 1. The van der Waals surface area contributed by atoms with Gasteiger partial charge in [0.05, 0.1) is 17.2 Å². The standard InChI is InChI=1S/C28H21ClF2N2O5/c29-18-8-11-25(38-28(30)31)21(13-18)23-14-24(34)22(15-32-23)20(12-16-4-2-1-3-5-16)26(35)33-19-9-6-17(7-10-19)27(36)37/h1-11,13-15,20,28H,12H2,(H,32,34)(H,33,35)(H,36,37). The number of aromatic nitrogens is 1. The van der Waals surface area contributed by atoms with Gasteiger partial charge in [-0.15, -0.1) is 0 Å². The lowest BCUT2D eigenvalue weighted by molar-refractivity contribution is -0.117. The van der Waals surface area contributed by atoms with Crippen LogP contribution in [0.1, 0.15) is 27.4 Å². The number of amides is 1. The molecule has 0 radical (unpaired) electrons. The fourth-order valence-corrected chi connectivity index (χ4v) is 4.11. The molecule has 0 fully saturated rings. The van der Waals surface area contributed by atoms with Crippen molar-refractivity contribution in [3.05, 3.63) is 117 Å². The van der Waals surface area contributed by atoms with E-state index < -0.39 is 29.8 Å². The number of carbonyl (C=O) groups excluding carboxylic acids is 1. The van der Waals surface area contributed by atoms with Crippen molar-refractivity contribution < 1.29 is 28.2 Å². The number of carbonyl (C=O) groups is 2. The summed E-state index contributed by atoms with van der Waals surface area (Å²) in [6.07, 6.45) is 1.56. The van der Waals surface area contributed by atoms with Gasteiger partial charge in [-0.05, 0) is 54.4 Å². The lowest BCUT2D eigenvalue weighted by atomic mass is 9.91.